The van der Waals surface area contributed by atoms with Gasteiger partial charge in [0, 0.05) is 15.8 Å². The summed E-state index contributed by atoms with van der Waals surface area (Å²) in [6.07, 6.45) is 0.980. The first-order chi connectivity index (χ1) is 12.0. The molecule has 0 radical (unpaired) electrons. The molecule has 2 aromatic carbocycles. The van der Waals surface area contributed by atoms with Crippen LogP contribution in [0.4, 0.5) is 11.4 Å². The second-order valence-electron chi connectivity index (χ2n) is 5.69. The number of aryl methyl sites for hydroxylation is 2. The molecular weight excluding hydrogens is 382 g/mol. The van der Waals surface area contributed by atoms with Crippen molar-refractivity contribution < 1.29 is 9.59 Å². The molecule has 0 atom stereocenters. The standard InChI is InChI=1S/C19H22BrN3O2/c1-3-14-4-7-16(8-5-14)21-11-18(24)22-12-19(25)23-17-9-6-15(20)10-13(17)2/h4-10,21H,3,11-12H2,1-2H3,(H,22,24)(H,23,25). The topological polar surface area (TPSA) is 70.2 Å². The molecule has 2 rings (SSSR count). The first-order valence-electron chi connectivity index (χ1n) is 8.13. The van der Waals surface area contributed by atoms with Crippen molar-refractivity contribution in [2.45, 2.75) is 20.3 Å². The SMILES string of the molecule is CCc1ccc(NCC(=O)NCC(=O)Nc2ccc(Br)cc2C)cc1. The van der Waals surface area contributed by atoms with Gasteiger partial charge in [-0.15, -0.1) is 0 Å². The summed E-state index contributed by atoms with van der Waals surface area (Å²) >= 11 is 3.38. The summed E-state index contributed by atoms with van der Waals surface area (Å²) in [5.74, 6) is -0.492. The molecule has 0 bridgehead atoms. The number of hydrogen-bond donors (Lipinski definition) is 3. The molecule has 6 heteroatoms. The van der Waals surface area contributed by atoms with Crippen molar-refractivity contribution in [3.05, 3.63) is 58.1 Å². The van der Waals surface area contributed by atoms with Gasteiger partial charge in [-0.2, -0.15) is 0 Å². The molecule has 0 unspecified atom stereocenters. The molecular formula is C19H22BrN3O2. The monoisotopic (exact) mass is 403 g/mol. The summed E-state index contributed by atoms with van der Waals surface area (Å²) in [6, 6.07) is 13.5. The van der Waals surface area contributed by atoms with Crippen LogP contribution in [0.15, 0.2) is 46.9 Å². The molecule has 3 N–H and O–H groups in total. The zero-order valence-electron chi connectivity index (χ0n) is 14.4. The maximum atomic E-state index is 11.9. The summed E-state index contributed by atoms with van der Waals surface area (Å²) < 4.78 is 0.953. The van der Waals surface area contributed by atoms with Gasteiger partial charge >= 0.3 is 0 Å². The molecule has 132 valence electrons. The number of anilines is 2. The lowest BCUT2D eigenvalue weighted by Crippen LogP contribution is -2.36. The summed E-state index contributed by atoms with van der Waals surface area (Å²) in [5, 5.41) is 8.42. The Kier molecular flexibility index (Phi) is 7.01. The smallest absolute Gasteiger partial charge is 0.243 e. The molecule has 0 aliphatic rings. The average Bonchev–Trinajstić information content (AvgIpc) is 2.61. The van der Waals surface area contributed by atoms with Crippen LogP contribution in [0, 0.1) is 6.92 Å². The van der Waals surface area contributed by atoms with Crippen LogP contribution in [-0.4, -0.2) is 24.9 Å². The lowest BCUT2D eigenvalue weighted by molar-refractivity contribution is -0.122. The van der Waals surface area contributed by atoms with Gasteiger partial charge in [0.15, 0.2) is 0 Å². The van der Waals surface area contributed by atoms with Crippen LogP contribution in [0.2, 0.25) is 0 Å². The van der Waals surface area contributed by atoms with Gasteiger partial charge < -0.3 is 16.0 Å². The Morgan fingerprint density at radius 1 is 1.00 bits per heavy atom. The molecule has 0 aliphatic carbocycles. The van der Waals surface area contributed by atoms with Crippen molar-refractivity contribution in [3.63, 3.8) is 0 Å². The first-order valence-corrected chi connectivity index (χ1v) is 8.92. The lowest BCUT2D eigenvalue weighted by atomic mass is 10.1. The Hall–Kier alpha value is -2.34. The number of nitrogens with one attached hydrogen (secondary N) is 3. The van der Waals surface area contributed by atoms with Crippen LogP contribution in [0.1, 0.15) is 18.1 Å². The van der Waals surface area contributed by atoms with E-state index in [2.05, 4.69) is 38.8 Å². The highest BCUT2D eigenvalue weighted by Crippen LogP contribution is 2.19. The van der Waals surface area contributed by atoms with Crippen LogP contribution in [0.5, 0.6) is 0 Å². The Bertz CT molecular complexity index is 745. The molecule has 0 saturated carbocycles. The summed E-state index contributed by atoms with van der Waals surface area (Å²) in [4.78, 5) is 23.8. The van der Waals surface area contributed by atoms with Gasteiger partial charge in [0.05, 0.1) is 13.1 Å². The Balaban J connectivity index is 1.74. The molecule has 0 aliphatic heterocycles. The van der Waals surface area contributed by atoms with Gasteiger partial charge in [-0.3, -0.25) is 9.59 Å². The fourth-order valence-electron chi connectivity index (χ4n) is 2.24. The van der Waals surface area contributed by atoms with Crippen molar-refractivity contribution >= 4 is 39.1 Å². The second kappa shape index (κ2) is 9.22. The molecule has 0 heterocycles. The molecule has 25 heavy (non-hydrogen) atoms. The minimum Gasteiger partial charge on any atom is -0.376 e. The van der Waals surface area contributed by atoms with Crippen LogP contribution < -0.4 is 16.0 Å². The molecule has 5 nitrogen and oxygen atoms in total. The van der Waals surface area contributed by atoms with E-state index >= 15 is 0 Å². The van der Waals surface area contributed by atoms with Gasteiger partial charge in [0.1, 0.15) is 0 Å². The minimum atomic E-state index is -0.258. The van der Waals surface area contributed by atoms with E-state index in [1.54, 1.807) is 0 Å². The highest BCUT2D eigenvalue weighted by Gasteiger charge is 2.07. The fourth-order valence-corrected chi connectivity index (χ4v) is 2.72. The minimum absolute atomic E-state index is 0.0647. The normalized spacial score (nSPS) is 10.2. The van der Waals surface area contributed by atoms with Crippen molar-refractivity contribution in [2.24, 2.45) is 0 Å². The second-order valence-corrected chi connectivity index (χ2v) is 6.60. The predicted molar refractivity (Wildman–Crippen MR) is 105 cm³/mol. The summed E-state index contributed by atoms with van der Waals surface area (Å²) in [5.41, 5.74) is 3.81. The number of rotatable bonds is 7. The number of hydrogen-bond acceptors (Lipinski definition) is 3. The number of benzene rings is 2. The van der Waals surface area contributed by atoms with Gasteiger partial charge in [-0.25, -0.2) is 0 Å². The average molecular weight is 404 g/mol. The molecule has 2 aromatic rings. The molecule has 0 fully saturated rings. The number of carbonyl (C=O) groups excluding carboxylic acids is 2. The van der Waals surface area contributed by atoms with Gasteiger partial charge in [-0.1, -0.05) is 35.0 Å². The van der Waals surface area contributed by atoms with E-state index in [-0.39, 0.29) is 24.9 Å². The van der Waals surface area contributed by atoms with Gasteiger partial charge in [0.2, 0.25) is 11.8 Å². The Labute approximate surface area is 156 Å². The largest absolute Gasteiger partial charge is 0.376 e. The molecule has 2 amide bonds. The fraction of sp³-hybridized carbons (Fsp3) is 0.263. The van der Waals surface area contributed by atoms with Gasteiger partial charge in [-0.05, 0) is 54.8 Å². The van der Waals surface area contributed by atoms with Crippen LogP contribution in [0.25, 0.3) is 0 Å². The van der Waals surface area contributed by atoms with Gasteiger partial charge in [0.25, 0.3) is 0 Å². The third kappa shape index (κ3) is 6.23. The van der Waals surface area contributed by atoms with Crippen molar-refractivity contribution in [2.75, 3.05) is 23.7 Å². The third-order valence-corrected chi connectivity index (χ3v) is 4.22. The van der Waals surface area contributed by atoms with Crippen molar-refractivity contribution in [3.8, 4) is 0 Å². The van der Waals surface area contributed by atoms with E-state index in [1.165, 1.54) is 5.56 Å². The van der Waals surface area contributed by atoms with Crippen LogP contribution in [-0.2, 0) is 16.0 Å². The molecule has 0 saturated heterocycles. The maximum absolute atomic E-state index is 11.9. The Morgan fingerprint density at radius 3 is 2.36 bits per heavy atom. The third-order valence-electron chi connectivity index (χ3n) is 3.72. The van der Waals surface area contributed by atoms with Crippen molar-refractivity contribution in [1.29, 1.82) is 0 Å². The quantitative estimate of drug-likeness (QED) is 0.662. The molecule has 0 spiro atoms. The number of amides is 2. The van der Waals surface area contributed by atoms with E-state index in [1.807, 2.05) is 49.4 Å². The van der Waals surface area contributed by atoms with Crippen LogP contribution >= 0.6 is 15.9 Å². The number of halogens is 1. The highest BCUT2D eigenvalue weighted by atomic mass is 79.9. The summed E-state index contributed by atoms with van der Waals surface area (Å²) in [7, 11) is 0. The molecule has 0 aromatic heterocycles. The predicted octanol–water partition coefficient (Wildman–Crippen LogP) is 3.49. The van der Waals surface area contributed by atoms with E-state index in [0.717, 1.165) is 27.8 Å². The Morgan fingerprint density at radius 2 is 1.72 bits per heavy atom. The lowest BCUT2D eigenvalue weighted by Gasteiger charge is -2.10. The highest BCUT2D eigenvalue weighted by molar-refractivity contribution is 9.10. The first kappa shape index (κ1) is 19.0. The van der Waals surface area contributed by atoms with E-state index in [9.17, 15) is 9.59 Å². The number of carbonyl (C=O) groups is 2. The summed E-state index contributed by atoms with van der Waals surface area (Å²) in [6.45, 7) is 4.06. The zero-order chi connectivity index (χ0) is 18.2. The van der Waals surface area contributed by atoms with Crippen LogP contribution in [0.3, 0.4) is 0 Å². The van der Waals surface area contributed by atoms with E-state index in [4.69, 9.17) is 0 Å². The van der Waals surface area contributed by atoms with E-state index in [0.29, 0.717) is 0 Å². The van der Waals surface area contributed by atoms with E-state index < -0.39 is 0 Å². The maximum Gasteiger partial charge on any atom is 0.243 e. The zero-order valence-corrected chi connectivity index (χ0v) is 15.9. The van der Waals surface area contributed by atoms with Crippen molar-refractivity contribution in [1.82, 2.24) is 5.32 Å².